The molecule has 7 nitrogen and oxygen atoms in total. The number of aromatic amines is 1. The van der Waals surface area contributed by atoms with Crippen molar-refractivity contribution < 1.29 is 13.9 Å². The van der Waals surface area contributed by atoms with E-state index in [2.05, 4.69) is 20.0 Å². The fourth-order valence-electron chi connectivity index (χ4n) is 3.36. The van der Waals surface area contributed by atoms with E-state index in [1.165, 1.54) is 6.07 Å². The summed E-state index contributed by atoms with van der Waals surface area (Å²) in [5.41, 5.74) is 1.98. The van der Waals surface area contributed by atoms with E-state index >= 15 is 0 Å². The fourth-order valence-corrected chi connectivity index (χ4v) is 3.36. The lowest BCUT2D eigenvalue weighted by atomic mass is 10.2. The number of nitrogens with one attached hydrogen (secondary N) is 1. The lowest BCUT2D eigenvalue weighted by Crippen LogP contribution is -2.18. The maximum absolute atomic E-state index is 14.3. The van der Waals surface area contributed by atoms with Gasteiger partial charge in [0.15, 0.2) is 17.4 Å². The van der Waals surface area contributed by atoms with Gasteiger partial charge in [-0.05, 0) is 45.8 Å². The number of ether oxygens (including phenoxy) is 2. The molecule has 28 heavy (non-hydrogen) atoms. The number of imidazole rings is 1. The Hall–Kier alpha value is -2.45. The molecular formula is C20H26FN5O2. The van der Waals surface area contributed by atoms with E-state index in [-0.39, 0.29) is 12.0 Å². The van der Waals surface area contributed by atoms with Crippen LogP contribution in [-0.2, 0) is 4.74 Å². The molecule has 3 heterocycles. The molecule has 0 aliphatic carbocycles. The molecule has 0 radical (unpaired) electrons. The minimum Gasteiger partial charge on any atom is -0.490 e. The monoisotopic (exact) mass is 387 g/mol. The van der Waals surface area contributed by atoms with Crippen molar-refractivity contribution in [2.24, 2.45) is 0 Å². The van der Waals surface area contributed by atoms with Crippen LogP contribution < -0.4 is 4.74 Å². The minimum atomic E-state index is -0.395. The molecule has 0 amide bonds. The zero-order valence-corrected chi connectivity index (χ0v) is 16.3. The number of nitrogens with zero attached hydrogens (tertiary/aromatic N) is 4. The number of fused-ring (bicyclic) bond motifs is 1. The maximum atomic E-state index is 14.3. The van der Waals surface area contributed by atoms with Gasteiger partial charge in [0.1, 0.15) is 11.9 Å². The molecule has 1 N–H and O–H groups in total. The number of hydrogen-bond donors (Lipinski definition) is 1. The first-order valence-electron chi connectivity index (χ1n) is 9.74. The number of rotatable bonds is 7. The van der Waals surface area contributed by atoms with Crippen molar-refractivity contribution in [3.8, 4) is 17.3 Å². The zero-order valence-electron chi connectivity index (χ0n) is 16.3. The second-order valence-corrected chi connectivity index (χ2v) is 7.39. The number of aromatic nitrogens is 4. The van der Waals surface area contributed by atoms with Crippen LogP contribution >= 0.6 is 0 Å². The Labute approximate surface area is 163 Å². The first kappa shape index (κ1) is 18.9. The number of halogens is 1. The van der Waals surface area contributed by atoms with Gasteiger partial charge in [-0.3, -0.25) is 0 Å². The van der Waals surface area contributed by atoms with Crippen LogP contribution in [-0.4, -0.2) is 58.5 Å². The third kappa shape index (κ3) is 4.18. The Balaban J connectivity index is 1.50. The second kappa shape index (κ2) is 8.28. The van der Waals surface area contributed by atoms with Crippen LogP contribution in [0.25, 0.3) is 22.6 Å². The summed E-state index contributed by atoms with van der Waals surface area (Å²) >= 11 is 0. The highest BCUT2D eigenvalue weighted by atomic mass is 19.1. The van der Waals surface area contributed by atoms with Crippen LogP contribution in [0, 0.1) is 5.82 Å². The van der Waals surface area contributed by atoms with Gasteiger partial charge in [-0.15, -0.1) is 0 Å². The molecule has 4 rings (SSSR count). The normalized spacial score (nSPS) is 17.5. The van der Waals surface area contributed by atoms with E-state index in [0.717, 1.165) is 38.8 Å². The summed E-state index contributed by atoms with van der Waals surface area (Å²) in [4.78, 5) is 9.79. The lowest BCUT2D eigenvalue weighted by Gasteiger charge is -2.22. The molecule has 1 aliphatic heterocycles. The molecule has 150 valence electrons. The molecule has 2 aromatic heterocycles. The average molecular weight is 387 g/mol. The predicted molar refractivity (Wildman–Crippen MR) is 105 cm³/mol. The maximum Gasteiger partial charge on any atom is 0.167 e. The van der Waals surface area contributed by atoms with Crippen molar-refractivity contribution in [2.45, 2.75) is 31.9 Å². The Bertz CT molecular complexity index is 930. The Morgan fingerprint density at radius 3 is 3.04 bits per heavy atom. The first-order valence-corrected chi connectivity index (χ1v) is 9.74. The SMILES string of the molecule is CN(C)CCCOc1cc2nc(-c3ccn(C4CCCCO4)n3)[nH]c2cc1F. The number of H-pyrrole nitrogens is 1. The summed E-state index contributed by atoms with van der Waals surface area (Å²) in [7, 11) is 4.00. The van der Waals surface area contributed by atoms with Gasteiger partial charge >= 0.3 is 0 Å². The average Bonchev–Trinajstić information content (AvgIpc) is 3.32. The smallest absolute Gasteiger partial charge is 0.167 e. The van der Waals surface area contributed by atoms with Crippen LogP contribution in [0.1, 0.15) is 31.9 Å². The molecule has 1 aromatic carbocycles. The largest absolute Gasteiger partial charge is 0.490 e. The molecule has 0 bridgehead atoms. The van der Waals surface area contributed by atoms with Gasteiger partial charge in [-0.2, -0.15) is 5.10 Å². The van der Waals surface area contributed by atoms with Crippen molar-refractivity contribution in [1.82, 2.24) is 24.6 Å². The highest BCUT2D eigenvalue weighted by molar-refractivity contribution is 5.80. The number of benzene rings is 1. The van der Waals surface area contributed by atoms with Crippen LogP contribution in [0.4, 0.5) is 4.39 Å². The van der Waals surface area contributed by atoms with Crippen molar-refractivity contribution in [3.63, 3.8) is 0 Å². The van der Waals surface area contributed by atoms with E-state index in [1.807, 2.05) is 31.0 Å². The van der Waals surface area contributed by atoms with E-state index < -0.39 is 5.82 Å². The molecular weight excluding hydrogens is 361 g/mol. The van der Waals surface area contributed by atoms with Gasteiger partial charge in [0.05, 0.1) is 17.6 Å². The summed E-state index contributed by atoms with van der Waals surface area (Å²) in [5.74, 6) is 0.438. The van der Waals surface area contributed by atoms with Crippen molar-refractivity contribution in [1.29, 1.82) is 0 Å². The predicted octanol–water partition coefficient (Wildman–Crippen LogP) is 3.60. The quantitative estimate of drug-likeness (QED) is 0.628. The molecule has 8 heteroatoms. The van der Waals surface area contributed by atoms with Crippen LogP contribution in [0.15, 0.2) is 24.4 Å². The molecule has 1 aliphatic rings. The highest BCUT2D eigenvalue weighted by Crippen LogP contribution is 2.27. The summed E-state index contributed by atoms with van der Waals surface area (Å²) in [6, 6.07) is 4.96. The standard InChI is InChI=1S/C20H26FN5O2/c1-25(2)8-5-11-27-18-13-17-16(12-14(18)21)22-20(23-17)15-7-9-26(24-15)19-6-3-4-10-28-19/h7,9,12-13,19H,3-6,8,10-11H2,1-2H3,(H,22,23). The third-order valence-electron chi connectivity index (χ3n) is 4.84. The van der Waals surface area contributed by atoms with Crippen LogP contribution in [0.5, 0.6) is 5.75 Å². The van der Waals surface area contributed by atoms with Crippen molar-refractivity contribution >= 4 is 11.0 Å². The summed E-state index contributed by atoms with van der Waals surface area (Å²) < 4.78 is 27.5. The van der Waals surface area contributed by atoms with E-state index in [1.54, 1.807) is 6.07 Å². The lowest BCUT2D eigenvalue weighted by molar-refractivity contribution is -0.0393. The number of hydrogen-bond acceptors (Lipinski definition) is 5. The molecule has 1 fully saturated rings. The molecule has 0 spiro atoms. The summed E-state index contributed by atoms with van der Waals surface area (Å²) in [6.07, 6.45) is 5.91. The molecule has 1 unspecified atom stereocenters. The summed E-state index contributed by atoms with van der Waals surface area (Å²) in [6.45, 7) is 2.12. The summed E-state index contributed by atoms with van der Waals surface area (Å²) in [5, 5.41) is 4.59. The van der Waals surface area contributed by atoms with Gasteiger partial charge < -0.3 is 19.4 Å². The van der Waals surface area contributed by atoms with Gasteiger partial charge in [0.2, 0.25) is 0 Å². The Morgan fingerprint density at radius 1 is 1.36 bits per heavy atom. The zero-order chi connectivity index (χ0) is 19.5. The fraction of sp³-hybridized carbons (Fsp3) is 0.500. The Kier molecular flexibility index (Phi) is 5.59. The molecule has 1 saturated heterocycles. The van der Waals surface area contributed by atoms with Gasteiger partial charge in [0, 0.05) is 31.5 Å². The van der Waals surface area contributed by atoms with Gasteiger partial charge in [0.25, 0.3) is 0 Å². The highest BCUT2D eigenvalue weighted by Gasteiger charge is 2.18. The van der Waals surface area contributed by atoms with E-state index in [4.69, 9.17) is 9.47 Å². The van der Waals surface area contributed by atoms with Gasteiger partial charge in [-0.25, -0.2) is 14.1 Å². The Morgan fingerprint density at radius 2 is 2.25 bits per heavy atom. The topological polar surface area (TPSA) is 68.2 Å². The molecule has 1 atom stereocenters. The first-order chi connectivity index (χ1) is 13.6. The second-order valence-electron chi connectivity index (χ2n) is 7.39. The van der Waals surface area contributed by atoms with Crippen molar-refractivity contribution in [2.75, 3.05) is 33.9 Å². The van der Waals surface area contributed by atoms with Gasteiger partial charge in [-0.1, -0.05) is 0 Å². The van der Waals surface area contributed by atoms with Crippen LogP contribution in [0.2, 0.25) is 0 Å². The molecule has 3 aromatic rings. The van der Waals surface area contributed by atoms with Crippen LogP contribution in [0.3, 0.4) is 0 Å². The van der Waals surface area contributed by atoms with Crippen molar-refractivity contribution in [3.05, 3.63) is 30.2 Å². The third-order valence-corrected chi connectivity index (χ3v) is 4.84. The minimum absolute atomic E-state index is 0.0218. The molecule has 0 saturated carbocycles. The van der Waals surface area contributed by atoms with E-state index in [0.29, 0.717) is 29.2 Å². The van der Waals surface area contributed by atoms with E-state index in [9.17, 15) is 4.39 Å².